The monoisotopic (exact) mass is 2090 g/mol. The number of aromatic nitrogens is 6. The van der Waals surface area contributed by atoms with Gasteiger partial charge in [-0.3, -0.25) is 19.1 Å². The molecule has 10 heteroatoms. The number of fused-ring (bicyclic) bond motifs is 2. The van der Waals surface area contributed by atoms with E-state index in [1.807, 2.05) is 177 Å². The first-order valence-corrected chi connectivity index (χ1v) is 43.3. The normalized spacial score (nSPS) is 13.5. The first-order valence-electron chi connectivity index (χ1n) is 51.3. The molecule has 0 unspecified atom stereocenters. The summed E-state index contributed by atoms with van der Waals surface area (Å²) in [4.78, 5) is 20.4. The van der Waals surface area contributed by atoms with Crippen molar-refractivity contribution in [2.24, 2.45) is 0 Å². The van der Waals surface area contributed by atoms with Gasteiger partial charge < -0.3 is 10.2 Å². The fraction of sp³-hybridized carbons (Fsp3) is 0.115. The first kappa shape index (κ1) is 71.6. The molecule has 0 fully saturated rings. The van der Waals surface area contributed by atoms with Crippen LogP contribution in [-0.4, -0.2) is 39.3 Å². The second kappa shape index (κ2) is 37.7. The van der Waals surface area contributed by atoms with E-state index in [1.165, 1.54) is 22.3 Å². The second-order valence-electron chi connectivity index (χ2n) is 34.3. The largest absolute Gasteiger partial charge is 0.507 e. The van der Waals surface area contributed by atoms with E-state index in [-0.39, 0.29) is 70.3 Å². The van der Waals surface area contributed by atoms with Gasteiger partial charge in [0.25, 0.3) is 0 Å². The number of hydrogen-bond acceptors (Lipinski definition) is 6. The number of para-hydroxylation sites is 2. The number of imidazole rings is 2. The quantitative estimate of drug-likeness (QED) is 0.0935. The fourth-order valence-corrected chi connectivity index (χ4v) is 17.4. The van der Waals surface area contributed by atoms with E-state index in [0.717, 1.165) is 123 Å². The van der Waals surface area contributed by atoms with Crippen LogP contribution < -0.4 is 0 Å². The van der Waals surface area contributed by atoms with Crippen molar-refractivity contribution in [3.63, 3.8) is 0 Å². The zero-order chi connectivity index (χ0) is 103. The minimum Gasteiger partial charge on any atom is -0.507 e. The molecule has 4 heterocycles. The van der Waals surface area contributed by atoms with Gasteiger partial charge >= 0.3 is 0 Å². The number of benzene rings is 16. The molecule has 0 bridgehead atoms. The van der Waals surface area contributed by atoms with Crippen molar-refractivity contribution in [3.05, 3.63) is 433 Å². The Morgan fingerprint density at radius 3 is 1.16 bits per heavy atom. The Labute approximate surface area is 825 Å². The summed E-state index contributed by atoms with van der Waals surface area (Å²) in [5.41, 5.74) is 24.0. The first-order chi connectivity index (χ1) is 69.7. The molecule has 0 aliphatic heterocycles. The number of rotatable bonds is 16. The van der Waals surface area contributed by atoms with Gasteiger partial charge in [0, 0.05) is 89.4 Å². The Kier molecular flexibility index (Phi) is 20.4. The van der Waals surface area contributed by atoms with Crippen molar-refractivity contribution in [1.29, 1.82) is 0 Å². The minimum absolute atomic E-state index is 0. The molecule has 0 radical (unpaired) electrons. The average molecular weight is 2090 g/mol. The van der Waals surface area contributed by atoms with E-state index in [0.29, 0.717) is 61.6 Å². The van der Waals surface area contributed by atoms with E-state index in [9.17, 15) is 14.3 Å². The zero-order valence-electron chi connectivity index (χ0n) is 90.0. The Morgan fingerprint density at radius 1 is 0.303 bits per heavy atom. The van der Waals surface area contributed by atoms with Crippen molar-refractivity contribution in [1.82, 2.24) is 29.1 Å². The SMILES string of the molecule is Cc1cc(C)c(O)c(-c2nc3c(-c4[c-]c(-c5cc(-c6ccc(-c7ccccc7)cc6)ccn5)cc(C(C)(C)C)c4)cccc3n2-c2cc(-c3ccccc3)c(C)cc2-c2ccccc2)c1.[2H]c1nc(-c2[c-]c(-c3cccc4c3nc(-c3cc(C)cc(C)c3O)n4-c3cc(-c4ccccc4)c(C)cc3-c3ccccc3)cc(-c3ccccc3)c2)c([2H])c(-c2c([2H])c([2H])c(C(C([2H])([2H])[2H])(C([2H])([2H])[2H])C([2H])([2H])[2H])c([2H])c2[2H])c1[2H].[Pt].[Pt]. The number of aromatic hydroxyl groups is 2. The van der Waals surface area contributed by atoms with Gasteiger partial charge in [-0.15, -0.1) is 53.1 Å². The van der Waals surface area contributed by atoms with E-state index < -0.39 is 85.1 Å². The average Bonchev–Trinajstić information content (AvgIpc) is 1.43. The number of phenols is 2. The molecule has 4 aromatic heterocycles. The van der Waals surface area contributed by atoms with Crippen LogP contribution in [0.2, 0.25) is 0 Å². The molecule has 0 atom stereocenters. The molecule has 0 amide bonds. The van der Waals surface area contributed by atoms with Gasteiger partial charge in [0.15, 0.2) is 0 Å². The molecule has 16 aromatic carbocycles. The van der Waals surface area contributed by atoms with Crippen LogP contribution in [0.15, 0.2) is 376 Å². The Hall–Kier alpha value is -14.3. The van der Waals surface area contributed by atoms with Crippen LogP contribution in [-0.2, 0) is 53.0 Å². The predicted molar refractivity (Wildman–Crippen MR) is 541 cm³/mol. The topological polar surface area (TPSA) is 102 Å². The fourth-order valence-electron chi connectivity index (χ4n) is 17.4. The third-order valence-corrected chi connectivity index (χ3v) is 24.0. The number of hydrogen-bond donors (Lipinski definition) is 2. The number of pyridine rings is 2. The standard InChI is InChI=1S/2C61H50N3O.2Pt/c1-39-31-41(3)59(65)54(32-39)60-63-58-51(23-16-24-56(58)64(60)57-38-52(44-19-12-8-13-20-44)40(2)33-53(57)45-21-14-9-15-22-45)48-34-47(42-17-10-7-11-18-42)35-49(36-48)55-37-46(29-30-62-55)43-25-27-50(28-26-43)61(4,5)6;1-39-31-41(3)59(65)54(32-39)60-63-58-51(23-16-24-56(58)64(60)57-38-52(45-19-12-8-13-20-45)40(2)33-53(57)46-21-14-9-15-22-46)48-34-49(36-50(35-48)61(4,5)6)55-37-47(29-30-62-55)44-27-25-43(26-28-44)42-17-10-7-11-18-42;;/h7-35,37-38,65H,1-6H3;7-33,35-38,65H,1-6H3;;/q2*-1;;/i4D3,5D3,6D3,25D,26D,27D,28D,29D,30D,37D;;;. The van der Waals surface area contributed by atoms with E-state index >= 15 is 0 Å². The van der Waals surface area contributed by atoms with E-state index in [1.54, 1.807) is 6.07 Å². The van der Waals surface area contributed by atoms with Gasteiger partial charge in [-0.1, -0.05) is 348 Å². The maximum atomic E-state index is 12.0. The van der Waals surface area contributed by atoms with Gasteiger partial charge in [0.1, 0.15) is 23.1 Å². The summed E-state index contributed by atoms with van der Waals surface area (Å²) in [5.74, 6) is 1.34. The molecule has 0 aliphatic rings. The number of phenolic OH excluding ortho intramolecular Hbond substituents is 2. The van der Waals surface area contributed by atoms with Crippen molar-refractivity contribution >= 4 is 22.1 Å². The molecule has 20 rings (SSSR count). The minimum atomic E-state index is -3.94. The molecule has 0 spiro atoms. The molecular formula is C122H100N6O2Pt2-2. The van der Waals surface area contributed by atoms with Crippen LogP contribution in [0.3, 0.4) is 0 Å². The van der Waals surface area contributed by atoms with E-state index in [4.69, 9.17) is 32.8 Å². The van der Waals surface area contributed by atoms with Crippen LogP contribution in [0.1, 0.15) is 108 Å². The Morgan fingerprint density at radius 2 is 0.705 bits per heavy atom. The molecule has 132 heavy (non-hydrogen) atoms. The molecule has 0 saturated carbocycles. The predicted octanol–water partition coefficient (Wildman–Crippen LogP) is 31.6. The van der Waals surface area contributed by atoms with Crippen LogP contribution in [0.5, 0.6) is 11.5 Å². The smallest absolute Gasteiger partial charge is 0.148 e. The molecule has 8 nitrogen and oxygen atoms in total. The molecule has 20 aromatic rings. The zero-order valence-corrected chi connectivity index (χ0v) is 78.5. The summed E-state index contributed by atoms with van der Waals surface area (Å²) in [7, 11) is 0. The van der Waals surface area contributed by atoms with Gasteiger partial charge in [-0.25, -0.2) is 9.97 Å². The summed E-state index contributed by atoms with van der Waals surface area (Å²) in [6.07, 6.45) is 1.13. The third-order valence-electron chi connectivity index (χ3n) is 24.0. The van der Waals surface area contributed by atoms with E-state index in [2.05, 4.69) is 239 Å². The number of nitrogens with zero attached hydrogens (tertiary/aromatic N) is 6. The summed E-state index contributed by atoms with van der Waals surface area (Å²) >= 11 is 0. The van der Waals surface area contributed by atoms with Gasteiger partial charge in [-0.05, 0) is 224 Å². The van der Waals surface area contributed by atoms with Crippen LogP contribution >= 0.6 is 0 Å². The van der Waals surface area contributed by atoms with Crippen molar-refractivity contribution in [2.75, 3.05) is 0 Å². The van der Waals surface area contributed by atoms with Gasteiger partial charge in [-0.2, -0.15) is 0 Å². The molecular weight excluding hydrogens is 1970 g/mol. The van der Waals surface area contributed by atoms with Gasteiger partial charge in [0.05, 0.1) is 54.2 Å². The van der Waals surface area contributed by atoms with Crippen LogP contribution in [0.4, 0.5) is 0 Å². The maximum Gasteiger partial charge on any atom is 0.148 e. The summed E-state index contributed by atoms with van der Waals surface area (Å²) in [6.45, 7) is 6.98. The van der Waals surface area contributed by atoms with Crippen LogP contribution in [0, 0.1) is 53.7 Å². The Balaban J connectivity index is 0.000000204. The third kappa shape index (κ3) is 18.1. The Bertz CT molecular complexity index is 8450. The molecule has 2 N–H and O–H groups in total. The van der Waals surface area contributed by atoms with Crippen LogP contribution in [0.25, 0.3) is 190 Å². The van der Waals surface area contributed by atoms with Crippen molar-refractivity contribution in [3.8, 4) is 179 Å². The van der Waals surface area contributed by atoms with Crippen molar-refractivity contribution in [2.45, 2.75) is 93.7 Å². The molecule has 652 valence electrons. The molecule has 0 saturated heterocycles. The molecule has 0 aliphatic carbocycles. The summed E-state index contributed by atoms with van der Waals surface area (Å²) in [5, 5.41) is 23.9. The maximum absolute atomic E-state index is 12.0. The van der Waals surface area contributed by atoms with Crippen molar-refractivity contribution < 1.29 is 74.3 Å². The number of aryl methyl sites for hydroxylation is 6. The second-order valence-corrected chi connectivity index (χ2v) is 34.3. The summed E-state index contributed by atoms with van der Waals surface area (Å²) < 4.78 is 143. The summed E-state index contributed by atoms with van der Waals surface area (Å²) in [6, 6.07) is 111. The van der Waals surface area contributed by atoms with Gasteiger partial charge in [0.2, 0.25) is 0 Å².